The Balaban J connectivity index is 1.65. The fourth-order valence-electron chi connectivity index (χ4n) is 2.79. The number of nitrogens with zero attached hydrogens (tertiary/aromatic N) is 3. The first-order chi connectivity index (χ1) is 11.9. The second-order valence-electron chi connectivity index (χ2n) is 5.92. The van der Waals surface area contributed by atoms with Gasteiger partial charge in [0.1, 0.15) is 6.04 Å². The van der Waals surface area contributed by atoms with E-state index >= 15 is 0 Å². The number of anilines is 1. The molecular formula is C17H19N5O3. The van der Waals surface area contributed by atoms with Crippen LogP contribution in [0.4, 0.5) is 5.69 Å². The van der Waals surface area contributed by atoms with Crippen LogP contribution in [0.15, 0.2) is 30.5 Å². The number of carbonyl (C=O) groups is 3. The van der Waals surface area contributed by atoms with Gasteiger partial charge in [-0.2, -0.15) is 5.10 Å². The zero-order chi connectivity index (χ0) is 18.1. The van der Waals surface area contributed by atoms with Crippen LogP contribution in [0, 0.1) is 6.92 Å². The van der Waals surface area contributed by atoms with E-state index in [4.69, 9.17) is 0 Å². The SMILES string of the molecule is Cc1c(CNC(=O)C(=O)NC2C(=O)N(C)c3ccccc32)cnn1C. The van der Waals surface area contributed by atoms with Gasteiger partial charge >= 0.3 is 11.8 Å². The quantitative estimate of drug-likeness (QED) is 0.779. The highest BCUT2D eigenvalue weighted by molar-refractivity contribution is 6.35. The molecule has 0 radical (unpaired) electrons. The summed E-state index contributed by atoms with van der Waals surface area (Å²) in [6, 6.07) is 6.31. The van der Waals surface area contributed by atoms with Crippen LogP contribution in [0.5, 0.6) is 0 Å². The fraction of sp³-hybridized carbons (Fsp3) is 0.294. The molecule has 0 saturated heterocycles. The molecule has 2 heterocycles. The van der Waals surface area contributed by atoms with Crippen LogP contribution in [0.1, 0.15) is 22.9 Å². The minimum atomic E-state index is -0.848. The third-order valence-electron chi connectivity index (χ3n) is 4.44. The maximum atomic E-state index is 12.3. The van der Waals surface area contributed by atoms with Crippen LogP contribution in [0.2, 0.25) is 0 Å². The number of fused-ring (bicyclic) bond motifs is 1. The van der Waals surface area contributed by atoms with Crippen molar-refractivity contribution in [2.75, 3.05) is 11.9 Å². The van der Waals surface area contributed by atoms with Gasteiger partial charge in [0.15, 0.2) is 0 Å². The molecule has 0 fully saturated rings. The number of carbonyl (C=O) groups excluding carboxylic acids is 3. The number of aryl methyl sites for hydroxylation is 1. The smallest absolute Gasteiger partial charge is 0.310 e. The molecule has 25 heavy (non-hydrogen) atoms. The molecule has 1 aromatic heterocycles. The first kappa shape index (κ1) is 16.7. The van der Waals surface area contributed by atoms with Crippen molar-refractivity contribution in [1.82, 2.24) is 20.4 Å². The first-order valence-corrected chi connectivity index (χ1v) is 7.82. The molecule has 0 aliphatic carbocycles. The molecule has 2 N–H and O–H groups in total. The second kappa shape index (κ2) is 6.39. The van der Waals surface area contributed by atoms with Crippen LogP contribution in [-0.2, 0) is 28.0 Å². The van der Waals surface area contributed by atoms with E-state index in [0.717, 1.165) is 16.9 Å². The van der Waals surface area contributed by atoms with Gasteiger partial charge in [0.2, 0.25) is 0 Å². The van der Waals surface area contributed by atoms with Crippen molar-refractivity contribution in [3.05, 3.63) is 47.3 Å². The van der Waals surface area contributed by atoms with Gasteiger partial charge in [-0.1, -0.05) is 18.2 Å². The highest BCUT2D eigenvalue weighted by Crippen LogP contribution is 2.34. The van der Waals surface area contributed by atoms with Crippen LogP contribution < -0.4 is 15.5 Å². The maximum absolute atomic E-state index is 12.3. The molecule has 3 rings (SSSR count). The highest BCUT2D eigenvalue weighted by atomic mass is 16.2. The van der Waals surface area contributed by atoms with Crippen molar-refractivity contribution >= 4 is 23.4 Å². The average molecular weight is 341 g/mol. The van der Waals surface area contributed by atoms with E-state index in [-0.39, 0.29) is 12.5 Å². The molecule has 1 aliphatic heterocycles. The number of likely N-dealkylation sites (N-methyl/N-ethyl adjacent to an activating group) is 1. The van der Waals surface area contributed by atoms with Gasteiger partial charge < -0.3 is 15.5 Å². The van der Waals surface area contributed by atoms with Gasteiger partial charge in [0.25, 0.3) is 5.91 Å². The number of nitrogens with one attached hydrogen (secondary N) is 2. The first-order valence-electron chi connectivity index (χ1n) is 7.82. The summed E-state index contributed by atoms with van der Waals surface area (Å²) in [6.07, 6.45) is 1.64. The molecule has 8 nitrogen and oxygen atoms in total. The van der Waals surface area contributed by atoms with Crippen molar-refractivity contribution in [3.63, 3.8) is 0 Å². The van der Waals surface area contributed by atoms with Gasteiger partial charge in [-0.25, -0.2) is 0 Å². The number of aromatic nitrogens is 2. The third kappa shape index (κ3) is 2.98. The minimum Gasteiger partial charge on any atom is -0.344 e. The van der Waals surface area contributed by atoms with E-state index in [2.05, 4.69) is 15.7 Å². The Morgan fingerprint density at radius 1 is 1.20 bits per heavy atom. The Kier molecular flexibility index (Phi) is 4.26. The number of hydrogen-bond acceptors (Lipinski definition) is 4. The molecule has 1 aliphatic rings. The minimum absolute atomic E-state index is 0.195. The van der Waals surface area contributed by atoms with Crippen molar-refractivity contribution in [2.24, 2.45) is 7.05 Å². The normalized spacial score (nSPS) is 15.9. The number of rotatable bonds is 3. The zero-order valence-corrected chi connectivity index (χ0v) is 14.2. The summed E-state index contributed by atoms with van der Waals surface area (Å²) >= 11 is 0. The molecule has 0 bridgehead atoms. The Morgan fingerprint density at radius 2 is 1.92 bits per heavy atom. The summed E-state index contributed by atoms with van der Waals surface area (Å²) in [7, 11) is 3.44. The lowest BCUT2D eigenvalue weighted by Crippen LogP contribution is -2.43. The van der Waals surface area contributed by atoms with E-state index < -0.39 is 17.9 Å². The standard InChI is InChI=1S/C17H19N5O3/c1-10-11(9-19-22(10)3)8-18-15(23)16(24)20-14-12-6-4-5-7-13(12)21(2)17(14)25/h4-7,9,14H,8H2,1-3H3,(H,18,23)(H,20,24). The summed E-state index contributed by atoms with van der Waals surface area (Å²) in [5.41, 5.74) is 3.14. The Hall–Kier alpha value is -3.16. The molecular weight excluding hydrogens is 322 g/mol. The average Bonchev–Trinajstić information content (AvgIpc) is 3.05. The van der Waals surface area contributed by atoms with Crippen LogP contribution >= 0.6 is 0 Å². The molecule has 3 amide bonds. The lowest BCUT2D eigenvalue weighted by atomic mass is 10.1. The third-order valence-corrected chi connectivity index (χ3v) is 4.44. The summed E-state index contributed by atoms with van der Waals surface area (Å²) < 4.78 is 1.69. The Morgan fingerprint density at radius 3 is 2.60 bits per heavy atom. The predicted molar refractivity (Wildman–Crippen MR) is 90.5 cm³/mol. The summed E-state index contributed by atoms with van der Waals surface area (Å²) in [6.45, 7) is 2.07. The summed E-state index contributed by atoms with van der Waals surface area (Å²) in [5, 5.41) is 9.14. The molecule has 2 aromatic rings. The summed E-state index contributed by atoms with van der Waals surface area (Å²) in [5.74, 6) is -1.90. The molecule has 1 unspecified atom stereocenters. The number of benzene rings is 1. The number of para-hydroxylation sites is 1. The fourth-order valence-corrected chi connectivity index (χ4v) is 2.79. The van der Waals surface area contributed by atoms with Crippen molar-refractivity contribution in [2.45, 2.75) is 19.5 Å². The molecule has 1 atom stereocenters. The number of amides is 3. The van der Waals surface area contributed by atoms with E-state index in [1.165, 1.54) is 4.90 Å². The molecule has 130 valence electrons. The number of hydrogen-bond donors (Lipinski definition) is 2. The predicted octanol–water partition coefficient (Wildman–Crippen LogP) is 0.179. The van der Waals surface area contributed by atoms with Crippen molar-refractivity contribution in [3.8, 4) is 0 Å². The molecule has 8 heteroatoms. The molecule has 0 saturated carbocycles. The second-order valence-corrected chi connectivity index (χ2v) is 5.92. The Labute approximate surface area is 144 Å². The zero-order valence-electron chi connectivity index (χ0n) is 14.2. The van der Waals surface area contributed by atoms with Gasteiger partial charge in [-0.15, -0.1) is 0 Å². The lowest BCUT2D eigenvalue weighted by Gasteiger charge is -2.13. The topological polar surface area (TPSA) is 96.3 Å². The van der Waals surface area contributed by atoms with E-state index in [1.54, 1.807) is 43.2 Å². The monoisotopic (exact) mass is 341 g/mol. The summed E-state index contributed by atoms with van der Waals surface area (Å²) in [4.78, 5) is 38.0. The van der Waals surface area contributed by atoms with Gasteiger partial charge in [0.05, 0.1) is 6.20 Å². The Bertz CT molecular complexity index is 858. The van der Waals surface area contributed by atoms with Crippen molar-refractivity contribution in [1.29, 1.82) is 0 Å². The highest BCUT2D eigenvalue weighted by Gasteiger charge is 2.36. The van der Waals surface area contributed by atoms with Gasteiger partial charge in [-0.3, -0.25) is 19.1 Å². The maximum Gasteiger partial charge on any atom is 0.310 e. The lowest BCUT2D eigenvalue weighted by molar-refractivity contribution is -0.140. The molecule has 0 spiro atoms. The largest absolute Gasteiger partial charge is 0.344 e. The van der Waals surface area contributed by atoms with Gasteiger partial charge in [-0.05, 0) is 13.0 Å². The van der Waals surface area contributed by atoms with Crippen molar-refractivity contribution < 1.29 is 14.4 Å². The van der Waals surface area contributed by atoms with Crippen LogP contribution in [0.3, 0.4) is 0 Å². The van der Waals surface area contributed by atoms with Crippen LogP contribution in [0.25, 0.3) is 0 Å². The van der Waals surface area contributed by atoms with E-state index in [0.29, 0.717) is 5.56 Å². The van der Waals surface area contributed by atoms with E-state index in [1.807, 2.05) is 13.0 Å². The van der Waals surface area contributed by atoms with E-state index in [9.17, 15) is 14.4 Å². The van der Waals surface area contributed by atoms with Crippen LogP contribution in [-0.4, -0.2) is 34.5 Å². The van der Waals surface area contributed by atoms with Gasteiger partial charge in [0, 0.05) is 43.1 Å². The molecule has 1 aromatic carbocycles.